The number of carbonyl (C=O) groups is 2. The third-order valence-corrected chi connectivity index (χ3v) is 2.34. The number of hydrogen-bond acceptors (Lipinski definition) is 3. The van der Waals surface area contributed by atoms with Crippen LogP contribution in [0.1, 0.15) is 41.0 Å². The first-order valence-electron chi connectivity index (χ1n) is 5.72. The Hall–Kier alpha value is -1.06. The molecule has 0 spiro atoms. The van der Waals surface area contributed by atoms with E-state index in [1.165, 1.54) is 0 Å². The number of rotatable bonds is 5. The van der Waals surface area contributed by atoms with Gasteiger partial charge in [0.2, 0.25) is 0 Å². The molecule has 1 amide bonds. The SMILES string of the molecule is CCC(C=O)C(C)CNC(=O)OC(C)(C)C. The highest BCUT2D eigenvalue weighted by Crippen LogP contribution is 2.12. The number of carbonyl (C=O) groups excluding carboxylic acids is 2. The Balaban J connectivity index is 3.96. The largest absolute Gasteiger partial charge is 0.444 e. The number of nitrogens with one attached hydrogen (secondary N) is 1. The second kappa shape index (κ2) is 6.51. The molecular weight excluding hydrogens is 206 g/mol. The van der Waals surface area contributed by atoms with Crippen LogP contribution in [0.25, 0.3) is 0 Å². The molecule has 2 atom stereocenters. The molecule has 0 aliphatic carbocycles. The number of amides is 1. The first-order chi connectivity index (χ1) is 7.30. The van der Waals surface area contributed by atoms with Crippen molar-refractivity contribution in [2.24, 2.45) is 11.8 Å². The highest BCUT2D eigenvalue weighted by atomic mass is 16.6. The summed E-state index contributed by atoms with van der Waals surface area (Å²) >= 11 is 0. The van der Waals surface area contributed by atoms with Gasteiger partial charge in [-0.05, 0) is 33.1 Å². The van der Waals surface area contributed by atoms with Gasteiger partial charge in [0.25, 0.3) is 0 Å². The van der Waals surface area contributed by atoms with Crippen LogP contribution in [-0.2, 0) is 9.53 Å². The van der Waals surface area contributed by atoms with E-state index in [9.17, 15) is 9.59 Å². The van der Waals surface area contributed by atoms with Crippen molar-refractivity contribution in [3.63, 3.8) is 0 Å². The van der Waals surface area contributed by atoms with Gasteiger partial charge in [-0.3, -0.25) is 0 Å². The Morgan fingerprint density at radius 3 is 2.38 bits per heavy atom. The van der Waals surface area contributed by atoms with Crippen molar-refractivity contribution in [1.82, 2.24) is 5.32 Å². The summed E-state index contributed by atoms with van der Waals surface area (Å²) in [5.41, 5.74) is -0.484. The molecule has 0 saturated heterocycles. The van der Waals surface area contributed by atoms with Crippen LogP contribution in [0.3, 0.4) is 0 Å². The molecule has 16 heavy (non-hydrogen) atoms. The number of alkyl carbamates (subject to hydrolysis) is 1. The lowest BCUT2D eigenvalue weighted by atomic mass is 9.93. The van der Waals surface area contributed by atoms with Crippen molar-refractivity contribution in [1.29, 1.82) is 0 Å². The fourth-order valence-corrected chi connectivity index (χ4v) is 1.34. The fraction of sp³-hybridized carbons (Fsp3) is 0.833. The molecule has 0 heterocycles. The Bertz CT molecular complexity index is 233. The van der Waals surface area contributed by atoms with E-state index in [2.05, 4.69) is 5.32 Å². The zero-order chi connectivity index (χ0) is 12.8. The van der Waals surface area contributed by atoms with Crippen molar-refractivity contribution < 1.29 is 14.3 Å². The van der Waals surface area contributed by atoms with Crippen LogP contribution >= 0.6 is 0 Å². The average molecular weight is 229 g/mol. The van der Waals surface area contributed by atoms with Crippen molar-refractivity contribution in [3.8, 4) is 0 Å². The second-order valence-electron chi connectivity index (χ2n) is 5.07. The topological polar surface area (TPSA) is 55.4 Å². The van der Waals surface area contributed by atoms with Gasteiger partial charge < -0.3 is 14.8 Å². The molecule has 0 saturated carbocycles. The minimum absolute atomic E-state index is 0.00469. The summed E-state index contributed by atoms with van der Waals surface area (Å²) in [6, 6.07) is 0. The lowest BCUT2D eigenvalue weighted by Gasteiger charge is -2.22. The maximum Gasteiger partial charge on any atom is 0.407 e. The molecule has 94 valence electrons. The van der Waals surface area contributed by atoms with Gasteiger partial charge in [0.05, 0.1) is 0 Å². The van der Waals surface area contributed by atoms with Crippen molar-refractivity contribution >= 4 is 12.4 Å². The van der Waals surface area contributed by atoms with Gasteiger partial charge in [-0.2, -0.15) is 0 Å². The zero-order valence-electron chi connectivity index (χ0n) is 10.9. The first-order valence-corrected chi connectivity index (χ1v) is 5.72. The smallest absolute Gasteiger partial charge is 0.407 e. The summed E-state index contributed by atoms with van der Waals surface area (Å²) < 4.78 is 5.10. The summed E-state index contributed by atoms with van der Waals surface area (Å²) in [5, 5.41) is 2.67. The highest BCUT2D eigenvalue weighted by Gasteiger charge is 2.19. The highest BCUT2D eigenvalue weighted by molar-refractivity contribution is 5.67. The molecule has 0 aromatic heterocycles. The van der Waals surface area contributed by atoms with Gasteiger partial charge in [0, 0.05) is 12.5 Å². The van der Waals surface area contributed by atoms with Crippen LogP contribution in [0.5, 0.6) is 0 Å². The van der Waals surface area contributed by atoms with E-state index in [0.717, 1.165) is 12.7 Å². The Labute approximate surface area is 97.7 Å². The maximum atomic E-state index is 11.3. The van der Waals surface area contributed by atoms with Crippen LogP contribution < -0.4 is 5.32 Å². The quantitative estimate of drug-likeness (QED) is 0.736. The van der Waals surface area contributed by atoms with Gasteiger partial charge in [-0.15, -0.1) is 0 Å². The Morgan fingerprint density at radius 1 is 1.44 bits per heavy atom. The lowest BCUT2D eigenvalue weighted by molar-refractivity contribution is -0.112. The molecule has 2 unspecified atom stereocenters. The van der Waals surface area contributed by atoms with Crippen molar-refractivity contribution in [2.75, 3.05) is 6.54 Å². The number of aldehydes is 1. The molecule has 0 rings (SSSR count). The van der Waals surface area contributed by atoms with Crippen LogP contribution in [0.15, 0.2) is 0 Å². The minimum Gasteiger partial charge on any atom is -0.444 e. The summed E-state index contributed by atoms with van der Waals surface area (Å²) in [6.07, 6.45) is 1.31. The average Bonchev–Trinajstić information content (AvgIpc) is 2.14. The molecule has 0 bridgehead atoms. The Morgan fingerprint density at radius 2 is 2.00 bits per heavy atom. The van der Waals surface area contributed by atoms with Gasteiger partial charge in [0.1, 0.15) is 11.9 Å². The molecule has 4 nitrogen and oxygen atoms in total. The molecule has 0 aliphatic rings. The zero-order valence-corrected chi connectivity index (χ0v) is 10.9. The maximum absolute atomic E-state index is 11.3. The normalized spacial score (nSPS) is 15.1. The van der Waals surface area contributed by atoms with E-state index in [4.69, 9.17) is 4.74 Å². The van der Waals surface area contributed by atoms with Gasteiger partial charge >= 0.3 is 6.09 Å². The molecule has 0 aromatic rings. The predicted octanol–water partition coefficient (Wildman–Crippen LogP) is 2.37. The molecule has 0 fully saturated rings. The van der Waals surface area contributed by atoms with Crippen LogP contribution in [0.4, 0.5) is 4.79 Å². The molecule has 0 aliphatic heterocycles. The summed E-state index contributed by atoms with van der Waals surface area (Å²) in [4.78, 5) is 22.0. The Kier molecular flexibility index (Phi) is 6.08. The summed E-state index contributed by atoms with van der Waals surface area (Å²) in [6.45, 7) is 9.82. The van der Waals surface area contributed by atoms with Crippen molar-refractivity contribution in [3.05, 3.63) is 0 Å². The van der Waals surface area contributed by atoms with E-state index < -0.39 is 11.7 Å². The number of hydrogen-bond donors (Lipinski definition) is 1. The third-order valence-electron chi connectivity index (χ3n) is 2.34. The lowest BCUT2D eigenvalue weighted by Crippen LogP contribution is -2.36. The molecule has 4 heteroatoms. The standard InChI is InChI=1S/C12H23NO3/c1-6-10(8-14)9(2)7-13-11(15)16-12(3,4)5/h8-10H,6-7H2,1-5H3,(H,13,15). The second-order valence-corrected chi connectivity index (χ2v) is 5.07. The van der Waals surface area contributed by atoms with Gasteiger partial charge in [0.15, 0.2) is 0 Å². The van der Waals surface area contributed by atoms with Gasteiger partial charge in [-0.25, -0.2) is 4.79 Å². The summed E-state index contributed by atoms with van der Waals surface area (Å²) in [5.74, 6) is 0.130. The first kappa shape index (κ1) is 14.9. The minimum atomic E-state index is -0.484. The van der Waals surface area contributed by atoms with E-state index in [1.807, 2.05) is 34.6 Å². The van der Waals surface area contributed by atoms with E-state index >= 15 is 0 Å². The molecule has 0 aromatic carbocycles. The van der Waals surface area contributed by atoms with Crippen LogP contribution in [0.2, 0.25) is 0 Å². The molecule has 1 N–H and O–H groups in total. The van der Waals surface area contributed by atoms with Crippen LogP contribution in [-0.4, -0.2) is 24.5 Å². The monoisotopic (exact) mass is 229 g/mol. The summed E-state index contributed by atoms with van der Waals surface area (Å²) in [7, 11) is 0. The van der Waals surface area contributed by atoms with Crippen molar-refractivity contribution in [2.45, 2.75) is 46.6 Å². The molecular formula is C12H23NO3. The molecule has 0 radical (unpaired) electrons. The third kappa shape index (κ3) is 6.43. The van der Waals surface area contributed by atoms with E-state index in [1.54, 1.807) is 0 Å². The van der Waals surface area contributed by atoms with E-state index in [0.29, 0.717) is 6.54 Å². The van der Waals surface area contributed by atoms with Crippen LogP contribution in [0, 0.1) is 11.8 Å². The fourth-order valence-electron chi connectivity index (χ4n) is 1.34. The van der Waals surface area contributed by atoms with Gasteiger partial charge in [-0.1, -0.05) is 13.8 Å². The number of ether oxygens (including phenoxy) is 1. The van der Waals surface area contributed by atoms with E-state index in [-0.39, 0.29) is 11.8 Å². The predicted molar refractivity (Wildman–Crippen MR) is 63.2 cm³/mol.